The van der Waals surface area contributed by atoms with Gasteiger partial charge in [-0.3, -0.25) is 9.59 Å². The van der Waals surface area contributed by atoms with E-state index in [4.69, 9.17) is 0 Å². The van der Waals surface area contributed by atoms with E-state index in [1.54, 1.807) is 6.07 Å². The van der Waals surface area contributed by atoms with Crippen molar-refractivity contribution in [1.82, 2.24) is 4.90 Å². The fourth-order valence-corrected chi connectivity index (χ4v) is 4.64. The van der Waals surface area contributed by atoms with E-state index in [1.165, 1.54) is 11.1 Å². The van der Waals surface area contributed by atoms with Crippen molar-refractivity contribution in [1.29, 1.82) is 0 Å². The first-order chi connectivity index (χ1) is 13.6. The Kier molecular flexibility index (Phi) is 3.90. The van der Waals surface area contributed by atoms with E-state index >= 15 is 0 Å². The largest absolute Gasteiger partial charge is 0.335 e. The molecule has 0 heterocycles. The smallest absolute Gasteiger partial charge is 0.254 e. The SMILES string of the molecule is CN(C(=O)c1ccc2c(c1)C(=O)c1ccccc1-2)C1CCCc2ccccc21. The maximum atomic E-state index is 13.2. The first kappa shape index (κ1) is 16.9. The maximum Gasteiger partial charge on any atom is 0.254 e. The molecule has 138 valence electrons. The first-order valence-electron chi connectivity index (χ1n) is 9.78. The predicted molar refractivity (Wildman–Crippen MR) is 110 cm³/mol. The molecule has 3 heteroatoms. The Bertz CT molecular complexity index is 1120. The Morgan fingerprint density at radius 3 is 2.46 bits per heavy atom. The quantitative estimate of drug-likeness (QED) is 0.497. The number of carbonyl (C=O) groups excluding carboxylic acids is 2. The van der Waals surface area contributed by atoms with Crippen LogP contribution in [0.1, 0.15) is 56.3 Å². The van der Waals surface area contributed by atoms with Crippen molar-refractivity contribution in [3.63, 3.8) is 0 Å². The lowest BCUT2D eigenvalue weighted by Gasteiger charge is -2.33. The van der Waals surface area contributed by atoms with Crippen molar-refractivity contribution in [3.05, 3.63) is 94.5 Å². The van der Waals surface area contributed by atoms with E-state index in [1.807, 2.05) is 54.4 Å². The number of hydrogen-bond acceptors (Lipinski definition) is 2. The molecule has 3 aromatic carbocycles. The highest BCUT2D eigenvalue weighted by Gasteiger charge is 2.30. The van der Waals surface area contributed by atoms with Gasteiger partial charge in [0, 0.05) is 23.7 Å². The summed E-state index contributed by atoms with van der Waals surface area (Å²) in [6.07, 6.45) is 3.12. The predicted octanol–water partition coefficient (Wildman–Crippen LogP) is 5.05. The fourth-order valence-electron chi connectivity index (χ4n) is 4.64. The molecule has 1 atom stereocenters. The van der Waals surface area contributed by atoms with Crippen LogP contribution in [0.3, 0.4) is 0 Å². The van der Waals surface area contributed by atoms with Gasteiger partial charge in [0.25, 0.3) is 5.91 Å². The Hall–Kier alpha value is -3.20. The van der Waals surface area contributed by atoms with Gasteiger partial charge in [0.05, 0.1) is 6.04 Å². The van der Waals surface area contributed by atoms with Crippen LogP contribution >= 0.6 is 0 Å². The van der Waals surface area contributed by atoms with E-state index in [2.05, 4.69) is 18.2 Å². The molecule has 1 amide bonds. The summed E-state index contributed by atoms with van der Waals surface area (Å²) in [7, 11) is 1.87. The van der Waals surface area contributed by atoms with Gasteiger partial charge in [-0.1, -0.05) is 54.6 Å². The lowest BCUT2D eigenvalue weighted by molar-refractivity contribution is 0.0715. The number of hydrogen-bond donors (Lipinski definition) is 0. The van der Waals surface area contributed by atoms with Gasteiger partial charge in [0.2, 0.25) is 0 Å². The highest BCUT2D eigenvalue weighted by molar-refractivity contribution is 6.22. The normalized spacial score (nSPS) is 16.9. The molecule has 2 aliphatic rings. The van der Waals surface area contributed by atoms with Crippen LogP contribution in [-0.4, -0.2) is 23.6 Å². The lowest BCUT2D eigenvalue weighted by Crippen LogP contribution is -2.33. The molecule has 0 aliphatic heterocycles. The highest BCUT2D eigenvalue weighted by atomic mass is 16.2. The number of fused-ring (bicyclic) bond motifs is 4. The van der Waals surface area contributed by atoms with Gasteiger partial charge in [-0.15, -0.1) is 0 Å². The van der Waals surface area contributed by atoms with Gasteiger partial charge in [-0.25, -0.2) is 0 Å². The molecule has 28 heavy (non-hydrogen) atoms. The molecule has 0 fully saturated rings. The Labute approximate surface area is 164 Å². The summed E-state index contributed by atoms with van der Waals surface area (Å²) >= 11 is 0. The van der Waals surface area contributed by atoms with E-state index < -0.39 is 0 Å². The van der Waals surface area contributed by atoms with Crippen molar-refractivity contribution < 1.29 is 9.59 Å². The van der Waals surface area contributed by atoms with Gasteiger partial charge >= 0.3 is 0 Å². The minimum Gasteiger partial charge on any atom is -0.335 e. The van der Waals surface area contributed by atoms with Crippen molar-refractivity contribution in [2.24, 2.45) is 0 Å². The topological polar surface area (TPSA) is 37.4 Å². The number of amides is 1. The van der Waals surface area contributed by atoms with Crippen LogP contribution in [0.15, 0.2) is 66.7 Å². The third-order valence-electron chi connectivity index (χ3n) is 6.10. The molecule has 3 aromatic rings. The molecular weight excluding hydrogens is 346 g/mol. The highest BCUT2D eigenvalue weighted by Crippen LogP contribution is 2.38. The molecule has 0 saturated heterocycles. The average Bonchev–Trinajstić information content (AvgIpc) is 3.04. The monoisotopic (exact) mass is 367 g/mol. The summed E-state index contributed by atoms with van der Waals surface area (Å²) in [5.74, 6) is -0.0285. The standard InChI is InChI=1S/C25H21NO2/c1-26(23-12-6-8-16-7-2-3-9-18(16)23)25(28)17-13-14-20-19-10-4-5-11-21(19)24(27)22(20)15-17/h2-5,7,9-11,13-15,23H,6,8,12H2,1H3. The van der Waals surface area contributed by atoms with Gasteiger partial charge in [0.15, 0.2) is 5.78 Å². The molecule has 1 unspecified atom stereocenters. The maximum absolute atomic E-state index is 13.2. The Morgan fingerprint density at radius 2 is 1.61 bits per heavy atom. The number of carbonyl (C=O) groups is 2. The van der Waals surface area contributed by atoms with Gasteiger partial charge in [-0.05, 0) is 53.6 Å². The number of rotatable bonds is 2. The van der Waals surface area contributed by atoms with E-state index in [0.717, 1.165) is 36.0 Å². The second-order valence-electron chi connectivity index (χ2n) is 7.66. The molecule has 0 bridgehead atoms. The van der Waals surface area contributed by atoms with Crippen molar-refractivity contribution >= 4 is 11.7 Å². The number of ketones is 1. The van der Waals surface area contributed by atoms with Crippen LogP contribution in [-0.2, 0) is 6.42 Å². The first-order valence-corrected chi connectivity index (χ1v) is 9.78. The molecule has 5 rings (SSSR count). The summed E-state index contributed by atoms with van der Waals surface area (Å²) in [5, 5.41) is 0. The van der Waals surface area contributed by atoms with E-state index in [0.29, 0.717) is 11.1 Å². The second kappa shape index (κ2) is 6.45. The van der Waals surface area contributed by atoms with Gasteiger partial charge in [-0.2, -0.15) is 0 Å². The summed E-state index contributed by atoms with van der Waals surface area (Å²) in [4.78, 5) is 27.9. The molecule has 3 nitrogen and oxygen atoms in total. The van der Waals surface area contributed by atoms with Gasteiger partial charge in [0.1, 0.15) is 0 Å². The zero-order chi connectivity index (χ0) is 19.3. The van der Waals surface area contributed by atoms with Crippen molar-refractivity contribution in [2.45, 2.75) is 25.3 Å². The van der Waals surface area contributed by atoms with Gasteiger partial charge < -0.3 is 4.90 Å². The number of nitrogens with zero attached hydrogens (tertiary/aromatic N) is 1. The zero-order valence-electron chi connectivity index (χ0n) is 15.8. The second-order valence-corrected chi connectivity index (χ2v) is 7.66. The molecule has 0 radical (unpaired) electrons. The molecule has 0 N–H and O–H groups in total. The zero-order valence-corrected chi connectivity index (χ0v) is 15.8. The fraction of sp³-hybridized carbons (Fsp3) is 0.200. The number of benzene rings is 3. The third-order valence-corrected chi connectivity index (χ3v) is 6.10. The lowest BCUT2D eigenvalue weighted by atomic mass is 9.86. The van der Waals surface area contributed by atoms with E-state index in [9.17, 15) is 9.59 Å². The number of aryl methyl sites for hydroxylation is 1. The average molecular weight is 367 g/mol. The van der Waals surface area contributed by atoms with Crippen LogP contribution in [0.5, 0.6) is 0 Å². The van der Waals surface area contributed by atoms with Crippen LogP contribution in [0, 0.1) is 0 Å². The Morgan fingerprint density at radius 1 is 0.893 bits per heavy atom. The minimum absolute atomic E-state index is 0.00548. The Balaban J connectivity index is 1.48. The van der Waals surface area contributed by atoms with Crippen molar-refractivity contribution in [3.8, 4) is 11.1 Å². The summed E-state index contributed by atoms with van der Waals surface area (Å²) in [6.45, 7) is 0. The van der Waals surface area contributed by atoms with Crippen LogP contribution < -0.4 is 0 Å². The summed E-state index contributed by atoms with van der Waals surface area (Å²) in [5.41, 5.74) is 6.37. The summed E-state index contributed by atoms with van der Waals surface area (Å²) in [6, 6.07) is 21.6. The van der Waals surface area contributed by atoms with Crippen LogP contribution in [0.2, 0.25) is 0 Å². The molecule has 0 saturated carbocycles. The summed E-state index contributed by atoms with van der Waals surface area (Å²) < 4.78 is 0. The van der Waals surface area contributed by atoms with E-state index in [-0.39, 0.29) is 17.7 Å². The third kappa shape index (κ3) is 2.50. The van der Waals surface area contributed by atoms with Crippen molar-refractivity contribution in [2.75, 3.05) is 7.05 Å². The minimum atomic E-state index is -0.0340. The van der Waals surface area contributed by atoms with Crippen LogP contribution in [0.4, 0.5) is 0 Å². The molecular formula is C25H21NO2. The van der Waals surface area contributed by atoms with Crippen LogP contribution in [0.25, 0.3) is 11.1 Å². The molecule has 0 spiro atoms. The molecule has 0 aromatic heterocycles. The molecule has 2 aliphatic carbocycles.